The molecule has 2 nitrogen and oxygen atoms in total. The molecule has 1 unspecified atom stereocenters. The Morgan fingerprint density at radius 3 is 2.60 bits per heavy atom. The van der Waals surface area contributed by atoms with Crippen molar-refractivity contribution in [2.45, 2.75) is 58.6 Å². The second-order valence-corrected chi connectivity index (χ2v) is 4.36. The van der Waals surface area contributed by atoms with Gasteiger partial charge in [0.15, 0.2) is 0 Å². The highest BCUT2D eigenvalue weighted by atomic mass is 16.5. The van der Waals surface area contributed by atoms with Crippen molar-refractivity contribution in [1.82, 2.24) is 5.32 Å². The first kappa shape index (κ1) is 14.7. The molecule has 0 saturated carbocycles. The van der Waals surface area contributed by atoms with E-state index in [2.05, 4.69) is 32.7 Å². The third-order valence-corrected chi connectivity index (χ3v) is 2.29. The molecule has 0 heterocycles. The second kappa shape index (κ2) is 10.2. The van der Waals surface area contributed by atoms with Crippen LogP contribution in [-0.2, 0) is 4.74 Å². The highest BCUT2D eigenvalue weighted by Crippen LogP contribution is 2.02. The maximum absolute atomic E-state index is 5.68. The average Bonchev–Trinajstić information content (AvgIpc) is 2.19. The normalized spacial score (nSPS) is 13.1. The van der Waals surface area contributed by atoms with Crippen LogP contribution in [-0.4, -0.2) is 25.3 Å². The lowest BCUT2D eigenvalue weighted by molar-refractivity contribution is 0.0577. The Hall–Kier alpha value is -0.340. The van der Waals surface area contributed by atoms with Gasteiger partial charge in [-0.05, 0) is 39.2 Å². The topological polar surface area (TPSA) is 21.3 Å². The van der Waals surface area contributed by atoms with E-state index in [0.29, 0.717) is 12.1 Å². The van der Waals surface area contributed by atoms with Gasteiger partial charge in [0.25, 0.3) is 0 Å². The molecule has 0 amide bonds. The van der Waals surface area contributed by atoms with Crippen LogP contribution in [0.5, 0.6) is 0 Å². The van der Waals surface area contributed by atoms with Gasteiger partial charge in [0.05, 0.1) is 6.10 Å². The minimum Gasteiger partial charge on any atom is -0.378 e. The van der Waals surface area contributed by atoms with Crippen LogP contribution in [0.2, 0.25) is 0 Å². The minimum absolute atomic E-state index is 0.392. The lowest BCUT2D eigenvalue weighted by Crippen LogP contribution is -2.24. The molecular formula is C13H27NO. The molecule has 1 N–H and O–H groups in total. The molecule has 0 bridgehead atoms. The quantitative estimate of drug-likeness (QED) is 0.444. The van der Waals surface area contributed by atoms with Crippen molar-refractivity contribution in [3.05, 3.63) is 12.7 Å². The lowest BCUT2D eigenvalue weighted by Gasteiger charge is -2.13. The van der Waals surface area contributed by atoms with Gasteiger partial charge in [-0.2, -0.15) is 0 Å². The maximum atomic E-state index is 5.68. The molecule has 0 aromatic rings. The molecule has 0 saturated heterocycles. The molecule has 0 fully saturated rings. The molecule has 0 spiro atoms. The summed E-state index contributed by atoms with van der Waals surface area (Å²) in [5, 5.41) is 3.41. The first-order valence-electron chi connectivity index (χ1n) is 6.12. The molecule has 0 aromatic carbocycles. The van der Waals surface area contributed by atoms with Gasteiger partial charge < -0.3 is 10.1 Å². The van der Waals surface area contributed by atoms with Crippen LogP contribution in [0.25, 0.3) is 0 Å². The summed E-state index contributed by atoms with van der Waals surface area (Å²) in [4.78, 5) is 0. The Bertz CT molecular complexity index is 145. The highest BCUT2D eigenvalue weighted by molar-refractivity contribution is 4.65. The van der Waals surface area contributed by atoms with Crippen LogP contribution in [0, 0.1) is 0 Å². The van der Waals surface area contributed by atoms with Gasteiger partial charge >= 0.3 is 0 Å². The van der Waals surface area contributed by atoms with E-state index in [0.717, 1.165) is 32.4 Å². The minimum atomic E-state index is 0.392. The zero-order chi connectivity index (χ0) is 11.5. The summed E-state index contributed by atoms with van der Waals surface area (Å²) in [6, 6.07) is 0.591. The maximum Gasteiger partial charge on any atom is 0.0547 e. The monoisotopic (exact) mass is 213 g/mol. The number of hydrogen-bond acceptors (Lipinski definition) is 2. The van der Waals surface area contributed by atoms with Crippen molar-refractivity contribution in [3.8, 4) is 0 Å². The van der Waals surface area contributed by atoms with Crippen LogP contribution in [0.1, 0.15) is 46.5 Å². The van der Waals surface area contributed by atoms with Crippen molar-refractivity contribution in [2.75, 3.05) is 13.2 Å². The standard InChI is InChI=1S/C13H27NO/c1-5-6-7-11-15-13(4)9-8-10-14-12(2)3/h5,12-14H,1,6-11H2,2-4H3. The molecule has 0 aliphatic rings. The highest BCUT2D eigenvalue weighted by Gasteiger charge is 2.01. The zero-order valence-corrected chi connectivity index (χ0v) is 10.6. The van der Waals surface area contributed by atoms with E-state index in [1.165, 1.54) is 6.42 Å². The third kappa shape index (κ3) is 11.6. The van der Waals surface area contributed by atoms with Crippen molar-refractivity contribution < 1.29 is 4.74 Å². The van der Waals surface area contributed by atoms with Crippen molar-refractivity contribution in [2.24, 2.45) is 0 Å². The number of rotatable bonds is 10. The Kier molecular flexibility index (Phi) is 9.96. The Labute approximate surface area is 95.1 Å². The Morgan fingerprint density at radius 1 is 1.27 bits per heavy atom. The van der Waals surface area contributed by atoms with Gasteiger partial charge in [0.1, 0.15) is 0 Å². The van der Waals surface area contributed by atoms with Crippen LogP contribution >= 0.6 is 0 Å². The number of hydrogen-bond donors (Lipinski definition) is 1. The fraction of sp³-hybridized carbons (Fsp3) is 0.846. The van der Waals surface area contributed by atoms with Gasteiger partial charge in [0.2, 0.25) is 0 Å². The van der Waals surface area contributed by atoms with Gasteiger partial charge in [-0.1, -0.05) is 19.9 Å². The zero-order valence-electron chi connectivity index (χ0n) is 10.6. The van der Waals surface area contributed by atoms with Crippen molar-refractivity contribution >= 4 is 0 Å². The summed E-state index contributed by atoms with van der Waals surface area (Å²) in [7, 11) is 0. The van der Waals surface area contributed by atoms with E-state index >= 15 is 0 Å². The summed E-state index contributed by atoms with van der Waals surface area (Å²) in [6.07, 6.45) is 6.83. The second-order valence-electron chi connectivity index (χ2n) is 4.36. The molecule has 1 atom stereocenters. The van der Waals surface area contributed by atoms with E-state index in [1.54, 1.807) is 0 Å². The first-order valence-corrected chi connectivity index (χ1v) is 6.12. The summed E-state index contributed by atoms with van der Waals surface area (Å²) in [5.41, 5.74) is 0. The summed E-state index contributed by atoms with van der Waals surface area (Å²) in [6.45, 7) is 12.2. The molecule has 0 aliphatic heterocycles. The number of unbranched alkanes of at least 4 members (excludes halogenated alkanes) is 1. The van der Waals surface area contributed by atoms with E-state index in [4.69, 9.17) is 4.74 Å². The molecule has 90 valence electrons. The predicted octanol–water partition coefficient (Wildman–Crippen LogP) is 3.14. The molecular weight excluding hydrogens is 186 g/mol. The van der Waals surface area contributed by atoms with Gasteiger partial charge in [-0.25, -0.2) is 0 Å². The van der Waals surface area contributed by atoms with Gasteiger partial charge in [-0.3, -0.25) is 0 Å². The summed E-state index contributed by atoms with van der Waals surface area (Å²) in [5.74, 6) is 0. The number of ether oxygens (including phenoxy) is 1. The lowest BCUT2D eigenvalue weighted by atomic mass is 10.2. The molecule has 0 aliphatic carbocycles. The van der Waals surface area contributed by atoms with E-state index < -0.39 is 0 Å². The smallest absolute Gasteiger partial charge is 0.0547 e. The molecule has 0 radical (unpaired) electrons. The predicted molar refractivity (Wildman–Crippen MR) is 67.2 cm³/mol. The SMILES string of the molecule is C=CCCCOC(C)CCCNC(C)C. The molecule has 0 aromatic heterocycles. The summed E-state index contributed by atoms with van der Waals surface area (Å²) < 4.78 is 5.68. The Balaban J connectivity index is 3.18. The fourth-order valence-electron chi connectivity index (χ4n) is 1.38. The van der Waals surface area contributed by atoms with Crippen LogP contribution in [0.4, 0.5) is 0 Å². The van der Waals surface area contributed by atoms with Crippen molar-refractivity contribution in [3.63, 3.8) is 0 Å². The first-order chi connectivity index (χ1) is 7.16. The molecule has 15 heavy (non-hydrogen) atoms. The summed E-state index contributed by atoms with van der Waals surface area (Å²) >= 11 is 0. The third-order valence-electron chi connectivity index (χ3n) is 2.29. The van der Waals surface area contributed by atoms with Crippen LogP contribution in [0.15, 0.2) is 12.7 Å². The number of nitrogens with one attached hydrogen (secondary N) is 1. The van der Waals surface area contributed by atoms with Crippen molar-refractivity contribution in [1.29, 1.82) is 0 Å². The van der Waals surface area contributed by atoms with Gasteiger partial charge in [-0.15, -0.1) is 6.58 Å². The Morgan fingerprint density at radius 2 is 2.00 bits per heavy atom. The van der Waals surface area contributed by atoms with Crippen LogP contribution in [0.3, 0.4) is 0 Å². The van der Waals surface area contributed by atoms with Gasteiger partial charge in [0, 0.05) is 12.6 Å². The van der Waals surface area contributed by atoms with Crippen LogP contribution < -0.4 is 5.32 Å². The molecule has 2 heteroatoms. The average molecular weight is 213 g/mol. The van der Waals surface area contributed by atoms with E-state index in [1.807, 2.05) is 6.08 Å². The van der Waals surface area contributed by atoms with E-state index in [9.17, 15) is 0 Å². The van der Waals surface area contributed by atoms with E-state index in [-0.39, 0.29) is 0 Å². The number of allylic oxidation sites excluding steroid dienone is 1. The largest absolute Gasteiger partial charge is 0.378 e. The fourth-order valence-corrected chi connectivity index (χ4v) is 1.38. The molecule has 0 rings (SSSR count).